The zero-order chi connectivity index (χ0) is 20.8. The highest BCUT2D eigenvalue weighted by atomic mass is 32.1. The van der Waals surface area contributed by atoms with Gasteiger partial charge in [0, 0.05) is 36.5 Å². The van der Waals surface area contributed by atoms with Crippen molar-refractivity contribution in [2.75, 3.05) is 18.4 Å². The van der Waals surface area contributed by atoms with Gasteiger partial charge in [-0.2, -0.15) is 0 Å². The average molecular weight is 413 g/mol. The summed E-state index contributed by atoms with van der Waals surface area (Å²) in [6.07, 6.45) is 5.08. The average Bonchev–Trinajstić information content (AvgIpc) is 3.04. The summed E-state index contributed by atoms with van der Waals surface area (Å²) < 4.78 is 0. The van der Waals surface area contributed by atoms with Crippen LogP contribution in [0.15, 0.2) is 29.9 Å². The van der Waals surface area contributed by atoms with Crippen molar-refractivity contribution in [1.82, 2.24) is 14.9 Å². The third kappa shape index (κ3) is 3.56. The first-order valence-corrected chi connectivity index (χ1v) is 11.1. The summed E-state index contributed by atoms with van der Waals surface area (Å²) in [5, 5.41) is 5.62. The van der Waals surface area contributed by atoms with Crippen LogP contribution in [0.25, 0.3) is 0 Å². The second kappa shape index (κ2) is 7.20. The Morgan fingerprint density at radius 1 is 1.17 bits per heavy atom. The van der Waals surface area contributed by atoms with Crippen molar-refractivity contribution >= 4 is 28.8 Å². The highest BCUT2D eigenvalue weighted by Crippen LogP contribution is 2.68. The van der Waals surface area contributed by atoms with Crippen molar-refractivity contribution < 1.29 is 9.59 Å². The maximum atomic E-state index is 13.0. The van der Waals surface area contributed by atoms with E-state index >= 15 is 0 Å². The Morgan fingerprint density at radius 3 is 2.45 bits per heavy atom. The second-order valence-electron chi connectivity index (χ2n) is 9.24. The summed E-state index contributed by atoms with van der Waals surface area (Å²) >= 11 is 1.53. The molecule has 0 spiro atoms. The molecule has 0 atom stereocenters. The van der Waals surface area contributed by atoms with Gasteiger partial charge in [-0.3, -0.25) is 14.6 Å². The van der Waals surface area contributed by atoms with Gasteiger partial charge in [0.25, 0.3) is 5.91 Å². The van der Waals surface area contributed by atoms with Gasteiger partial charge < -0.3 is 10.2 Å². The van der Waals surface area contributed by atoms with E-state index in [1.165, 1.54) is 11.3 Å². The van der Waals surface area contributed by atoms with Crippen molar-refractivity contribution in [3.05, 3.63) is 40.6 Å². The van der Waals surface area contributed by atoms with E-state index in [4.69, 9.17) is 0 Å². The van der Waals surface area contributed by atoms with E-state index in [2.05, 4.69) is 43.0 Å². The van der Waals surface area contributed by atoms with Gasteiger partial charge in [0.2, 0.25) is 5.91 Å². The van der Waals surface area contributed by atoms with Crippen LogP contribution in [0.5, 0.6) is 0 Å². The molecule has 2 aromatic heterocycles. The molecule has 1 aliphatic heterocycles. The summed E-state index contributed by atoms with van der Waals surface area (Å²) in [5.41, 5.74) is 1.25. The van der Waals surface area contributed by atoms with Crippen molar-refractivity contribution in [3.63, 3.8) is 0 Å². The lowest BCUT2D eigenvalue weighted by atomic mass is 9.96. The molecular weight excluding hydrogens is 384 g/mol. The van der Waals surface area contributed by atoms with Gasteiger partial charge in [-0.1, -0.05) is 27.7 Å². The molecule has 2 aliphatic rings. The number of likely N-dealkylation sites (tertiary alicyclic amines) is 1. The molecule has 0 aromatic carbocycles. The largest absolute Gasteiger partial charge is 0.342 e. The summed E-state index contributed by atoms with van der Waals surface area (Å²) in [6.45, 7) is 10.3. The van der Waals surface area contributed by atoms with E-state index in [1.54, 1.807) is 24.5 Å². The van der Waals surface area contributed by atoms with E-state index < -0.39 is 0 Å². The monoisotopic (exact) mass is 412 g/mol. The van der Waals surface area contributed by atoms with Crippen LogP contribution in [0.3, 0.4) is 0 Å². The smallest absolute Gasteiger partial charge is 0.275 e. The minimum atomic E-state index is -0.216. The molecule has 6 nitrogen and oxygen atoms in total. The first-order chi connectivity index (χ1) is 13.7. The Hall–Kier alpha value is -2.28. The van der Waals surface area contributed by atoms with Gasteiger partial charge in [0.15, 0.2) is 0 Å². The molecule has 2 fully saturated rings. The van der Waals surface area contributed by atoms with Crippen molar-refractivity contribution in [2.45, 2.75) is 46.5 Å². The van der Waals surface area contributed by atoms with Gasteiger partial charge in [-0.25, -0.2) is 4.98 Å². The molecule has 1 aliphatic carbocycles. The van der Waals surface area contributed by atoms with Crippen molar-refractivity contribution in [1.29, 1.82) is 0 Å². The fourth-order valence-corrected chi connectivity index (χ4v) is 5.53. The number of carbonyl (C=O) groups is 2. The quantitative estimate of drug-likeness (QED) is 0.817. The number of piperidine rings is 1. The number of hydrogen-bond acceptors (Lipinski definition) is 5. The molecule has 1 N–H and O–H groups in total. The van der Waals surface area contributed by atoms with Gasteiger partial charge >= 0.3 is 0 Å². The van der Waals surface area contributed by atoms with Crippen LogP contribution in [-0.4, -0.2) is 39.8 Å². The number of nitrogens with one attached hydrogen (secondary N) is 1. The Morgan fingerprint density at radius 2 is 1.86 bits per heavy atom. The van der Waals surface area contributed by atoms with E-state index in [0.29, 0.717) is 23.2 Å². The van der Waals surface area contributed by atoms with Crippen LogP contribution in [0.2, 0.25) is 0 Å². The fourth-order valence-electron chi connectivity index (χ4n) is 4.55. The normalized spacial score (nSPS) is 21.0. The summed E-state index contributed by atoms with van der Waals surface area (Å²) in [7, 11) is 0. The van der Waals surface area contributed by atoms with Gasteiger partial charge in [-0.05, 0) is 35.8 Å². The summed E-state index contributed by atoms with van der Waals surface area (Å²) in [5.74, 6) is 0.513. The van der Waals surface area contributed by atoms with Gasteiger partial charge in [-0.15, -0.1) is 11.3 Å². The molecule has 154 valence electrons. The molecule has 0 radical (unpaired) electrons. The molecule has 29 heavy (non-hydrogen) atoms. The van der Waals surface area contributed by atoms with Gasteiger partial charge in [0.1, 0.15) is 5.69 Å². The van der Waals surface area contributed by atoms with E-state index in [1.807, 2.05) is 10.3 Å². The van der Waals surface area contributed by atoms with Crippen LogP contribution in [0.1, 0.15) is 62.0 Å². The highest BCUT2D eigenvalue weighted by Gasteiger charge is 2.68. The number of nitrogens with zero attached hydrogens (tertiary/aromatic N) is 3. The minimum absolute atomic E-state index is 0.0762. The number of thiazole rings is 1. The molecule has 7 heteroatoms. The molecule has 3 heterocycles. The summed E-state index contributed by atoms with van der Waals surface area (Å²) in [4.78, 5) is 36.0. The molecule has 2 aromatic rings. The fraction of sp³-hybridized carbons (Fsp3) is 0.545. The van der Waals surface area contributed by atoms with E-state index in [-0.39, 0.29) is 22.7 Å². The maximum absolute atomic E-state index is 13.0. The third-order valence-corrected chi connectivity index (χ3v) is 8.10. The SMILES string of the molecule is CC1(C)C(C(=O)N2CCC(c3nc(C(=O)Nc4cccnc4)cs3)CC2)C1(C)C. The second-order valence-corrected chi connectivity index (χ2v) is 10.1. The Kier molecular flexibility index (Phi) is 4.97. The van der Waals surface area contributed by atoms with Crippen LogP contribution < -0.4 is 5.32 Å². The van der Waals surface area contributed by atoms with Crippen LogP contribution in [0.4, 0.5) is 5.69 Å². The molecule has 2 amide bonds. The Bertz CT molecular complexity index is 900. The number of hydrogen-bond donors (Lipinski definition) is 1. The first-order valence-electron chi connectivity index (χ1n) is 10.2. The number of carbonyl (C=O) groups excluding carboxylic acids is 2. The minimum Gasteiger partial charge on any atom is -0.342 e. The summed E-state index contributed by atoms with van der Waals surface area (Å²) in [6, 6.07) is 3.58. The van der Waals surface area contributed by atoms with Crippen LogP contribution >= 0.6 is 11.3 Å². The number of aromatic nitrogens is 2. The first kappa shape index (κ1) is 20.0. The lowest BCUT2D eigenvalue weighted by Crippen LogP contribution is -2.39. The van der Waals surface area contributed by atoms with Crippen molar-refractivity contribution in [3.8, 4) is 0 Å². The zero-order valence-electron chi connectivity index (χ0n) is 17.4. The van der Waals surface area contributed by atoms with Gasteiger partial charge in [0.05, 0.1) is 16.9 Å². The number of anilines is 1. The maximum Gasteiger partial charge on any atom is 0.275 e. The van der Waals surface area contributed by atoms with E-state index in [9.17, 15) is 9.59 Å². The molecule has 1 saturated heterocycles. The molecule has 0 unspecified atom stereocenters. The standard InChI is InChI=1S/C22H28N4O2S/c1-21(2)17(22(21,3)4)20(28)26-10-7-14(8-11-26)19-25-16(13-29-19)18(27)24-15-6-5-9-23-12-15/h5-6,9,12-14,17H,7-8,10-11H2,1-4H3,(H,24,27). The predicted octanol–water partition coefficient (Wildman–Crippen LogP) is 4.18. The Balaban J connectivity index is 1.34. The zero-order valence-corrected chi connectivity index (χ0v) is 18.3. The lowest BCUT2D eigenvalue weighted by molar-refractivity contribution is -0.134. The lowest BCUT2D eigenvalue weighted by Gasteiger charge is -2.31. The number of pyridine rings is 1. The number of amides is 2. The van der Waals surface area contributed by atoms with Crippen molar-refractivity contribution in [2.24, 2.45) is 16.7 Å². The van der Waals surface area contributed by atoms with Crippen LogP contribution in [-0.2, 0) is 4.79 Å². The Labute approximate surface area is 175 Å². The molecular formula is C22H28N4O2S. The topological polar surface area (TPSA) is 75.2 Å². The number of rotatable bonds is 4. The third-order valence-electron chi connectivity index (χ3n) is 7.10. The predicted molar refractivity (Wildman–Crippen MR) is 114 cm³/mol. The molecule has 4 rings (SSSR count). The molecule has 0 bridgehead atoms. The molecule has 1 saturated carbocycles. The highest BCUT2D eigenvalue weighted by molar-refractivity contribution is 7.10. The van der Waals surface area contributed by atoms with Crippen LogP contribution in [0, 0.1) is 16.7 Å². The van der Waals surface area contributed by atoms with E-state index in [0.717, 1.165) is 30.9 Å².